The summed E-state index contributed by atoms with van der Waals surface area (Å²) in [6.45, 7) is 2.08. The molecule has 0 N–H and O–H groups in total. The molecule has 0 saturated heterocycles. The van der Waals surface area contributed by atoms with Gasteiger partial charge in [-0.1, -0.05) is 41.7 Å². The highest BCUT2D eigenvalue weighted by Crippen LogP contribution is 2.34. The molecule has 0 aliphatic heterocycles. The highest BCUT2D eigenvalue weighted by Gasteiger charge is 2.21. The first-order chi connectivity index (χ1) is 11.2. The molecule has 2 aromatic carbocycles. The van der Waals surface area contributed by atoms with Gasteiger partial charge in [0.25, 0.3) is 0 Å². The van der Waals surface area contributed by atoms with E-state index in [1.54, 1.807) is 0 Å². The van der Waals surface area contributed by atoms with Gasteiger partial charge in [0.15, 0.2) is 0 Å². The van der Waals surface area contributed by atoms with Crippen molar-refractivity contribution in [3.63, 3.8) is 0 Å². The van der Waals surface area contributed by atoms with Crippen molar-refractivity contribution in [3.05, 3.63) is 70.8 Å². The molecule has 0 radical (unpaired) electrons. The van der Waals surface area contributed by atoms with E-state index in [0.29, 0.717) is 5.92 Å². The van der Waals surface area contributed by atoms with E-state index in [1.165, 1.54) is 11.1 Å². The van der Waals surface area contributed by atoms with Gasteiger partial charge in [0.1, 0.15) is 6.29 Å². The fourth-order valence-corrected chi connectivity index (χ4v) is 3.21. The monoisotopic (exact) mass is 302 g/mol. The quantitative estimate of drug-likeness (QED) is 0.571. The van der Waals surface area contributed by atoms with Gasteiger partial charge in [-0.2, -0.15) is 0 Å². The molecule has 116 valence electrons. The molecule has 0 atom stereocenters. The SMILES string of the molecule is Cc1ccc(C#Cc2ccc(C3CCC(C=O)CC3)cc2)cc1. The maximum Gasteiger partial charge on any atom is 0.123 e. The van der Waals surface area contributed by atoms with E-state index in [4.69, 9.17) is 0 Å². The topological polar surface area (TPSA) is 17.1 Å². The predicted molar refractivity (Wildman–Crippen MR) is 94.4 cm³/mol. The van der Waals surface area contributed by atoms with Crippen LogP contribution >= 0.6 is 0 Å². The molecule has 0 unspecified atom stereocenters. The number of aldehydes is 1. The van der Waals surface area contributed by atoms with E-state index in [-0.39, 0.29) is 5.92 Å². The van der Waals surface area contributed by atoms with Crippen molar-refractivity contribution in [2.45, 2.75) is 38.5 Å². The molecule has 3 rings (SSSR count). The van der Waals surface area contributed by atoms with Crippen molar-refractivity contribution in [3.8, 4) is 11.8 Å². The summed E-state index contributed by atoms with van der Waals surface area (Å²) in [6, 6.07) is 16.9. The standard InChI is InChI=1S/C22H22O/c1-17-2-4-18(5-3-17)6-7-19-8-12-21(13-9-19)22-14-10-20(16-23)11-15-22/h2-5,8-9,12-13,16,20,22H,10-11,14-15H2,1H3. The third-order valence-corrected chi connectivity index (χ3v) is 4.75. The molecule has 0 spiro atoms. The van der Waals surface area contributed by atoms with Crippen LogP contribution in [0.15, 0.2) is 48.5 Å². The molecule has 23 heavy (non-hydrogen) atoms. The van der Waals surface area contributed by atoms with E-state index in [0.717, 1.165) is 43.1 Å². The molecule has 2 aromatic rings. The lowest BCUT2D eigenvalue weighted by atomic mass is 9.79. The van der Waals surface area contributed by atoms with Crippen LogP contribution in [0.3, 0.4) is 0 Å². The third kappa shape index (κ3) is 4.11. The number of aryl methyl sites for hydroxylation is 1. The minimum absolute atomic E-state index is 0.283. The average Bonchev–Trinajstić information content (AvgIpc) is 2.62. The molecule has 1 saturated carbocycles. The molecule has 1 heteroatoms. The molecule has 0 heterocycles. The van der Waals surface area contributed by atoms with Gasteiger partial charge in [0.2, 0.25) is 0 Å². The van der Waals surface area contributed by atoms with Gasteiger partial charge in [-0.05, 0) is 68.4 Å². The number of hydrogen-bond donors (Lipinski definition) is 0. The summed E-state index contributed by atoms with van der Waals surface area (Å²) >= 11 is 0. The molecule has 0 aromatic heterocycles. The predicted octanol–water partition coefficient (Wildman–Crippen LogP) is 4.87. The Hall–Kier alpha value is -2.33. The number of carbonyl (C=O) groups is 1. The van der Waals surface area contributed by atoms with Gasteiger partial charge in [0, 0.05) is 17.0 Å². The molecule has 1 aliphatic carbocycles. The van der Waals surface area contributed by atoms with E-state index in [1.807, 2.05) is 0 Å². The van der Waals surface area contributed by atoms with Crippen LogP contribution in [0.1, 0.15) is 53.9 Å². The maximum absolute atomic E-state index is 10.8. The van der Waals surface area contributed by atoms with Gasteiger partial charge >= 0.3 is 0 Å². The van der Waals surface area contributed by atoms with Crippen LogP contribution in [-0.4, -0.2) is 6.29 Å². The Morgan fingerprint density at radius 1 is 0.826 bits per heavy atom. The second-order valence-electron chi connectivity index (χ2n) is 6.49. The zero-order valence-corrected chi connectivity index (χ0v) is 13.6. The number of rotatable bonds is 2. The normalized spacial score (nSPS) is 20.4. The van der Waals surface area contributed by atoms with Gasteiger partial charge in [-0.25, -0.2) is 0 Å². The second-order valence-corrected chi connectivity index (χ2v) is 6.49. The molecular weight excluding hydrogens is 280 g/mol. The summed E-state index contributed by atoms with van der Waals surface area (Å²) in [4.78, 5) is 10.8. The third-order valence-electron chi connectivity index (χ3n) is 4.75. The number of carbonyl (C=O) groups excluding carboxylic acids is 1. The lowest BCUT2D eigenvalue weighted by molar-refractivity contribution is -0.111. The van der Waals surface area contributed by atoms with Gasteiger partial charge in [-0.3, -0.25) is 0 Å². The largest absolute Gasteiger partial charge is 0.303 e. The van der Waals surface area contributed by atoms with Gasteiger partial charge in [0.05, 0.1) is 0 Å². The first-order valence-electron chi connectivity index (χ1n) is 8.38. The van der Waals surface area contributed by atoms with Crippen LogP contribution in [0.25, 0.3) is 0 Å². The lowest BCUT2D eigenvalue weighted by Crippen LogP contribution is -2.14. The van der Waals surface area contributed by atoms with Crippen molar-refractivity contribution < 1.29 is 4.79 Å². The van der Waals surface area contributed by atoms with Crippen molar-refractivity contribution in [1.82, 2.24) is 0 Å². The van der Waals surface area contributed by atoms with Crippen LogP contribution in [0.5, 0.6) is 0 Å². The van der Waals surface area contributed by atoms with Gasteiger partial charge in [-0.15, -0.1) is 0 Å². The van der Waals surface area contributed by atoms with E-state index >= 15 is 0 Å². The Morgan fingerprint density at radius 3 is 1.87 bits per heavy atom. The van der Waals surface area contributed by atoms with Crippen molar-refractivity contribution in [1.29, 1.82) is 0 Å². The fourth-order valence-electron chi connectivity index (χ4n) is 3.21. The average molecular weight is 302 g/mol. The Balaban J connectivity index is 1.66. The van der Waals surface area contributed by atoms with E-state index in [2.05, 4.69) is 67.3 Å². The molecule has 0 amide bonds. The van der Waals surface area contributed by atoms with Crippen molar-refractivity contribution in [2.75, 3.05) is 0 Å². The summed E-state index contributed by atoms with van der Waals surface area (Å²) in [5, 5.41) is 0. The zero-order chi connectivity index (χ0) is 16.1. The van der Waals surface area contributed by atoms with E-state index < -0.39 is 0 Å². The summed E-state index contributed by atoms with van der Waals surface area (Å²) in [5.74, 6) is 7.33. The summed E-state index contributed by atoms with van der Waals surface area (Å²) in [6.07, 6.45) is 5.43. The molecule has 1 fully saturated rings. The Labute approximate surface area is 138 Å². The Kier molecular flexibility index (Phi) is 4.93. The summed E-state index contributed by atoms with van der Waals surface area (Å²) in [7, 11) is 0. The molecule has 0 bridgehead atoms. The van der Waals surface area contributed by atoms with Crippen LogP contribution < -0.4 is 0 Å². The van der Waals surface area contributed by atoms with Crippen LogP contribution in [0.4, 0.5) is 0 Å². The highest BCUT2D eigenvalue weighted by molar-refractivity contribution is 5.53. The Bertz CT molecular complexity index is 705. The molecule has 1 nitrogen and oxygen atoms in total. The number of hydrogen-bond acceptors (Lipinski definition) is 1. The van der Waals surface area contributed by atoms with E-state index in [9.17, 15) is 4.79 Å². The van der Waals surface area contributed by atoms with Gasteiger partial charge < -0.3 is 4.79 Å². The van der Waals surface area contributed by atoms with Crippen LogP contribution in [0, 0.1) is 24.7 Å². The maximum atomic E-state index is 10.8. The second kappa shape index (κ2) is 7.29. The zero-order valence-electron chi connectivity index (χ0n) is 13.6. The first-order valence-corrected chi connectivity index (χ1v) is 8.38. The minimum atomic E-state index is 0.283. The summed E-state index contributed by atoms with van der Waals surface area (Å²) < 4.78 is 0. The number of benzene rings is 2. The first kappa shape index (κ1) is 15.6. The van der Waals surface area contributed by atoms with Crippen LogP contribution in [0.2, 0.25) is 0 Å². The lowest BCUT2D eigenvalue weighted by Gasteiger charge is -2.25. The highest BCUT2D eigenvalue weighted by atomic mass is 16.1. The summed E-state index contributed by atoms with van der Waals surface area (Å²) in [5.41, 5.74) is 4.74. The smallest absolute Gasteiger partial charge is 0.123 e. The van der Waals surface area contributed by atoms with Crippen molar-refractivity contribution in [2.24, 2.45) is 5.92 Å². The minimum Gasteiger partial charge on any atom is -0.303 e. The molecule has 1 aliphatic rings. The Morgan fingerprint density at radius 2 is 1.35 bits per heavy atom. The van der Waals surface area contributed by atoms with Crippen molar-refractivity contribution >= 4 is 6.29 Å². The van der Waals surface area contributed by atoms with Crippen LogP contribution in [-0.2, 0) is 4.79 Å². The fraction of sp³-hybridized carbons (Fsp3) is 0.318. The molecular formula is C22H22O.